The van der Waals surface area contributed by atoms with E-state index in [0.717, 1.165) is 0 Å². The van der Waals surface area contributed by atoms with E-state index in [2.05, 4.69) is 19.3 Å². The summed E-state index contributed by atoms with van der Waals surface area (Å²) in [5, 5.41) is 0. The average Bonchev–Trinajstić information content (AvgIpc) is 2.35. The van der Waals surface area contributed by atoms with Gasteiger partial charge in [0.25, 0.3) is 0 Å². The minimum atomic E-state index is -0.0490. The Hall–Kier alpha value is -0.810. The predicted molar refractivity (Wildman–Crippen MR) is 77.5 cm³/mol. The lowest BCUT2D eigenvalue weighted by Crippen LogP contribution is -2.32. The monoisotopic (exact) mass is 285 g/mol. The van der Waals surface area contributed by atoms with Crippen molar-refractivity contribution in [2.75, 3.05) is 12.2 Å². The van der Waals surface area contributed by atoms with Gasteiger partial charge in [0.2, 0.25) is 0 Å². The van der Waals surface area contributed by atoms with E-state index in [0.29, 0.717) is 42.4 Å². The number of carbonyl (C=O) groups excluding carboxylic acids is 2. The molecule has 1 rings (SSSR count). The first kappa shape index (κ1) is 16.2. The van der Waals surface area contributed by atoms with Crippen LogP contribution in [0.5, 0.6) is 0 Å². The lowest BCUT2D eigenvalue weighted by Gasteiger charge is -2.26. The first-order valence-electron chi connectivity index (χ1n) is 6.67. The summed E-state index contributed by atoms with van der Waals surface area (Å²) in [6.07, 6.45) is 3.44. The molecule has 0 aromatic rings. The molecular weight excluding hydrogens is 262 g/mol. The maximum Gasteiger partial charge on any atom is 0.168 e. The molecule has 5 heteroatoms. The van der Waals surface area contributed by atoms with Crippen LogP contribution < -0.4 is 5.48 Å². The Morgan fingerprint density at radius 1 is 1.37 bits per heavy atom. The Kier molecular flexibility index (Phi) is 6.58. The highest BCUT2D eigenvalue weighted by atomic mass is 32.2. The summed E-state index contributed by atoms with van der Waals surface area (Å²) in [6, 6.07) is 0. The largest absolute Gasteiger partial charge is 0.294 e. The summed E-state index contributed by atoms with van der Waals surface area (Å²) in [4.78, 5) is 29.6. The molecule has 0 aromatic carbocycles. The lowest BCUT2D eigenvalue weighted by atomic mass is 9.77. The van der Waals surface area contributed by atoms with Gasteiger partial charge >= 0.3 is 0 Å². The highest BCUT2D eigenvalue weighted by Crippen LogP contribution is 2.30. The van der Waals surface area contributed by atoms with Crippen LogP contribution in [0.1, 0.15) is 40.0 Å². The van der Waals surface area contributed by atoms with Crippen molar-refractivity contribution >= 4 is 23.3 Å². The van der Waals surface area contributed by atoms with E-state index in [1.54, 1.807) is 0 Å². The minimum absolute atomic E-state index is 0.0490. The van der Waals surface area contributed by atoms with Crippen LogP contribution in [0.4, 0.5) is 0 Å². The van der Waals surface area contributed by atoms with E-state index in [9.17, 15) is 9.59 Å². The van der Waals surface area contributed by atoms with E-state index >= 15 is 0 Å². The van der Waals surface area contributed by atoms with Gasteiger partial charge in [0.1, 0.15) is 5.94 Å². The van der Waals surface area contributed by atoms with Gasteiger partial charge in [0.05, 0.1) is 11.3 Å². The average molecular weight is 285 g/mol. The van der Waals surface area contributed by atoms with Crippen molar-refractivity contribution in [1.29, 1.82) is 0 Å². The number of allylic oxidation sites excluding steroid dienone is 2. The standard InChI is InChI=1S/C14H23NO3S/c1-5-11(15-18-8-19-4)14-12(16)6-10(9(2)3)7-13(14)17/h9-10,15H,5-8H2,1-4H3. The van der Waals surface area contributed by atoms with Gasteiger partial charge in [-0.1, -0.05) is 20.8 Å². The zero-order chi connectivity index (χ0) is 14.4. The van der Waals surface area contributed by atoms with Crippen LogP contribution in [0.2, 0.25) is 0 Å². The highest BCUT2D eigenvalue weighted by Gasteiger charge is 2.33. The van der Waals surface area contributed by atoms with E-state index < -0.39 is 0 Å². The predicted octanol–water partition coefficient (Wildman–Crippen LogP) is 2.70. The number of carbonyl (C=O) groups is 2. The van der Waals surface area contributed by atoms with Gasteiger partial charge in [-0.25, -0.2) is 0 Å². The summed E-state index contributed by atoms with van der Waals surface area (Å²) < 4.78 is 0. The zero-order valence-corrected chi connectivity index (χ0v) is 12.9. The van der Waals surface area contributed by atoms with Crippen molar-refractivity contribution in [3.05, 3.63) is 11.3 Å². The van der Waals surface area contributed by atoms with Crippen LogP contribution in [-0.2, 0) is 14.4 Å². The molecule has 19 heavy (non-hydrogen) atoms. The molecule has 0 amide bonds. The molecular formula is C14H23NO3S. The van der Waals surface area contributed by atoms with Gasteiger partial charge in [-0.15, -0.1) is 11.8 Å². The summed E-state index contributed by atoms with van der Waals surface area (Å²) >= 11 is 1.53. The molecule has 0 atom stereocenters. The Bertz CT molecular complexity index is 357. The van der Waals surface area contributed by atoms with Crippen LogP contribution in [0.15, 0.2) is 11.3 Å². The zero-order valence-electron chi connectivity index (χ0n) is 12.1. The quantitative estimate of drug-likeness (QED) is 0.267. The number of nitrogens with one attached hydrogen (secondary N) is 1. The molecule has 0 unspecified atom stereocenters. The lowest BCUT2D eigenvalue weighted by molar-refractivity contribution is -0.126. The molecule has 108 valence electrons. The summed E-state index contributed by atoms with van der Waals surface area (Å²) in [5.41, 5.74) is 3.70. The molecule has 0 saturated heterocycles. The van der Waals surface area contributed by atoms with E-state index in [1.165, 1.54) is 11.8 Å². The fourth-order valence-corrected chi connectivity index (χ4v) is 2.37. The molecule has 0 bridgehead atoms. The molecule has 1 N–H and O–H groups in total. The van der Waals surface area contributed by atoms with E-state index in [1.807, 2.05) is 13.2 Å². The van der Waals surface area contributed by atoms with Crippen molar-refractivity contribution < 1.29 is 14.4 Å². The van der Waals surface area contributed by atoms with Crippen molar-refractivity contribution in [1.82, 2.24) is 5.48 Å². The number of hydrogen-bond donors (Lipinski definition) is 1. The smallest absolute Gasteiger partial charge is 0.168 e. The number of hydrogen-bond acceptors (Lipinski definition) is 5. The van der Waals surface area contributed by atoms with Crippen molar-refractivity contribution in [3.63, 3.8) is 0 Å². The Balaban J connectivity index is 2.85. The van der Waals surface area contributed by atoms with E-state index in [-0.39, 0.29) is 17.5 Å². The Morgan fingerprint density at radius 2 is 1.95 bits per heavy atom. The molecule has 0 aliphatic heterocycles. The molecule has 0 heterocycles. The second kappa shape index (κ2) is 7.70. The van der Waals surface area contributed by atoms with Crippen molar-refractivity contribution in [2.24, 2.45) is 11.8 Å². The molecule has 1 aliphatic carbocycles. The first-order chi connectivity index (χ1) is 9.01. The number of rotatable bonds is 6. The molecule has 0 spiro atoms. The van der Waals surface area contributed by atoms with Gasteiger partial charge in [-0.2, -0.15) is 0 Å². The summed E-state index contributed by atoms with van der Waals surface area (Å²) in [7, 11) is 0. The third kappa shape index (κ3) is 4.35. The summed E-state index contributed by atoms with van der Waals surface area (Å²) in [5.74, 6) is 0.918. The van der Waals surface area contributed by atoms with Crippen LogP contribution in [0, 0.1) is 11.8 Å². The van der Waals surface area contributed by atoms with E-state index in [4.69, 9.17) is 4.84 Å². The van der Waals surface area contributed by atoms with Crippen LogP contribution in [-0.4, -0.2) is 23.8 Å². The molecule has 0 aromatic heterocycles. The van der Waals surface area contributed by atoms with Crippen LogP contribution in [0.3, 0.4) is 0 Å². The Morgan fingerprint density at radius 3 is 2.37 bits per heavy atom. The van der Waals surface area contributed by atoms with Gasteiger partial charge < -0.3 is 0 Å². The van der Waals surface area contributed by atoms with Gasteiger partial charge in [0.15, 0.2) is 11.6 Å². The fraction of sp³-hybridized carbons (Fsp3) is 0.714. The molecule has 1 fully saturated rings. The highest BCUT2D eigenvalue weighted by molar-refractivity contribution is 7.98. The van der Waals surface area contributed by atoms with Gasteiger partial charge in [-0.05, 0) is 24.5 Å². The van der Waals surface area contributed by atoms with Crippen molar-refractivity contribution in [2.45, 2.75) is 40.0 Å². The second-order valence-corrected chi connectivity index (χ2v) is 5.93. The maximum atomic E-state index is 12.2. The number of Topliss-reactive ketones (excluding diaryl/α,β-unsaturated/α-hetero) is 2. The molecule has 0 radical (unpaired) electrons. The van der Waals surface area contributed by atoms with Gasteiger partial charge in [0, 0.05) is 12.8 Å². The normalized spacial score (nSPS) is 20.1. The van der Waals surface area contributed by atoms with Crippen LogP contribution in [0.25, 0.3) is 0 Å². The molecule has 1 aliphatic rings. The third-order valence-corrected chi connectivity index (χ3v) is 3.78. The first-order valence-corrected chi connectivity index (χ1v) is 8.06. The molecule has 1 saturated carbocycles. The van der Waals surface area contributed by atoms with Gasteiger partial charge in [-0.3, -0.25) is 19.9 Å². The summed E-state index contributed by atoms with van der Waals surface area (Å²) in [6.45, 7) is 6.02. The third-order valence-electron chi connectivity index (χ3n) is 3.42. The topological polar surface area (TPSA) is 55.4 Å². The van der Waals surface area contributed by atoms with Crippen molar-refractivity contribution in [3.8, 4) is 0 Å². The SMILES string of the molecule is CCC(NOCSC)=C1C(=O)CC(C(C)C)CC1=O. The van der Waals surface area contributed by atoms with Crippen LogP contribution >= 0.6 is 11.8 Å². The number of ketones is 2. The minimum Gasteiger partial charge on any atom is -0.294 e. The Labute approximate surface area is 119 Å². The second-order valence-electron chi connectivity index (χ2n) is 5.12. The number of hydroxylamine groups is 1. The molecule has 4 nitrogen and oxygen atoms in total. The number of thioether (sulfide) groups is 1. The fourth-order valence-electron chi connectivity index (χ4n) is 2.19. The maximum absolute atomic E-state index is 12.2.